The molecular formula is C9H6BrNO. The molecule has 12 heavy (non-hydrogen) atoms. The number of benzene rings is 1. The first-order chi connectivity index (χ1) is 5.79. The van der Waals surface area contributed by atoms with Crippen molar-refractivity contribution < 1.29 is 4.79 Å². The SMILES string of the molecule is O=C1N=Cc2ccccc2C1Br. The summed E-state index contributed by atoms with van der Waals surface area (Å²) in [5.74, 6) is -0.131. The molecule has 0 saturated carbocycles. The van der Waals surface area contributed by atoms with Crippen molar-refractivity contribution in [1.29, 1.82) is 0 Å². The fourth-order valence-electron chi connectivity index (χ4n) is 1.19. The van der Waals surface area contributed by atoms with Gasteiger partial charge in [-0.3, -0.25) is 4.79 Å². The number of halogens is 1. The molecule has 0 N–H and O–H groups in total. The number of amides is 1. The Kier molecular flexibility index (Phi) is 1.81. The second kappa shape index (κ2) is 2.83. The first-order valence-electron chi connectivity index (χ1n) is 3.60. The summed E-state index contributed by atoms with van der Waals surface area (Å²) in [6.45, 7) is 0. The number of aliphatic imine (C=N–C) groups is 1. The fourth-order valence-corrected chi connectivity index (χ4v) is 1.73. The lowest BCUT2D eigenvalue weighted by Crippen LogP contribution is -2.11. The average molecular weight is 224 g/mol. The first kappa shape index (κ1) is 7.68. The zero-order valence-corrected chi connectivity index (χ0v) is 7.78. The molecule has 1 atom stereocenters. The first-order valence-corrected chi connectivity index (χ1v) is 4.51. The molecule has 1 amide bonds. The van der Waals surface area contributed by atoms with E-state index in [1.165, 1.54) is 0 Å². The van der Waals surface area contributed by atoms with E-state index in [9.17, 15) is 4.79 Å². The molecule has 1 aromatic carbocycles. The zero-order valence-electron chi connectivity index (χ0n) is 6.20. The molecule has 1 aliphatic rings. The van der Waals surface area contributed by atoms with Gasteiger partial charge in [0.1, 0.15) is 4.83 Å². The van der Waals surface area contributed by atoms with Crippen molar-refractivity contribution in [3.63, 3.8) is 0 Å². The normalized spacial score (nSPS) is 20.8. The van der Waals surface area contributed by atoms with Crippen molar-refractivity contribution in [2.45, 2.75) is 4.83 Å². The molecule has 2 nitrogen and oxygen atoms in total. The van der Waals surface area contributed by atoms with Gasteiger partial charge >= 0.3 is 0 Å². The van der Waals surface area contributed by atoms with Crippen LogP contribution in [0.15, 0.2) is 29.3 Å². The van der Waals surface area contributed by atoms with E-state index in [2.05, 4.69) is 20.9 Å². The van der Waals surface area contributed by atoms with Crippen LogP contribution >= 0.6 is 15.9 Å². The molecule has 3 heteroatoms. The van der Waals surface area contributed by atoms with Gasteiger partial charge in [0.25, 0.3) is 5.91 Å². The Morgan fingerprint density at radius 3 is 2.92 bits per heavy atom. The Morgan fingerprint density at radius 1 is 1.33 bits per heavy atom. The van der Waals surface area contributed by atoms with E-state index in [0.717, 1.165) is 11.1 Å². The Hall–Kier alpha value is -0.960. The molecule has 60 valence electrons. The number of hydrogen-bond acceptors (Lipinski definition) is 1. The maximum Gasteiger partial charge on any atom is 0.263 e. The highest BCUT2D eigenvalue weighted by Gasteiger charge is 2.21. The van der Waals surface area contributed by atoms with E-state index in [1.54, 1.807) is 6.21 Å². The standard InChI is InChI=1S/C9H6BrNO/c10-8-7-4-2-1-3-6(7)5-11-9(8)12/h1-5,8H. The molecule has 1 unspecified atom stereocenters. The molecule has 0 aromatic heterocycles. The number of carbonyl (C=O) groups excluding carboxylic acids is 1. The summed E-state index contributed by atoms with van der Waals surface area (Å²) in [7, 11) is 0. The maximum absolute atomic E-state index is 11.1. The Bertz CT molecular complexity index is 359. The summed E-state index contributed by atoms with van der Waals surface area (Å²) >= 11 is 3.29. The van der Waals surface area contributed by atoms with Gasteiger partial charge in [-0.05, 0) is 11.1 Å². The highest BCUT2D eigenvalue weighted by atomic mass is 79.9. The summed E-state index contributed by atoms with van der Waals surface area (Å²) in [4.78, 5) is 14.6. The average Bonchev–Trinajstić information content (AvgIpc) is 2.12. The number of fused-ring (bicyclic) bond motifs is 1. The van der Waals surface area contributed by atoms with Gasteiger partial charge in [0, 0.05) is 6.21 Å². The van der Waals surface area contributed by atoms with Crippen molar-refractivity contribution in [3.8, 4) is 0 Å². The topological polar surface area (TPSA) is 29.4 Å². The van der Waals surface area contributed by atoms with Crippen LogP contribution in [0.25, 0.3) is 0 Å². The smallest absolute Gasteiger partial charge is 0.263 e. The number of nitrogens with zero attached hydrogens (tertiary/aromatic N) is 1. The van der Waals surface area contributed by atoms with Gasteiger partial charge in [-0.2, -0.15) is 0 Å². The van der Waals surface area contributed by atoms with Crippen molar-refractivity contribution in [2.24, 2.45) is 4.99 Å². The van der Waals surface area contributed by atoms with Crippen LogP contribution in [-0.2, 0) is 4.79 Å². The molecule has 1 aromatic rings. The monoisotopic (exact) mass is 223 g/mol. The van der Waals surface area contributed by atoms with Crippen LogP contribution in [0.3, 0.4) is 0 Å². The quantitative estimate of drug-likeness (QED) is 0.620. The van der Waals surface area contributed by atoms with E-state index in [-0.39, 0.29) is 10.7 Å². The van der Waals surface area contributed by atoms with Gasteiger partial charge in [-0.15, -0.1) is 0 Å². The molecule has 0 bridgehead atoms. The van der Waals surface area contributed by atoms with E-state index in [0.29, 0.717) is 0 Å². The van der Waals surface area contributed by atoms with Crippen LogP contribution in [0.2, 0.25) is 0 Å². The predicted octanol–water partition coefficient (Wildman–Crippen LogP) is 2.08. The van der Waals surface area contributed by atoms with Crippen LogP contribution in [0.5, 0.6) is 0 Å². The fraction of sp³-hybridized carbons (Fsp3) is 0.111. The minimum absolute atomic E-state index is 0.131. The number of carbonyl (C=O) groups is 1. The molecular weight excluding hydrogens is 218 g/mol. The lowest BCUT2D eigenvalue weighted by molar-refractivity contribution is -0.117. The van der Waals surface area contributed by atoms with E-state index in [4.69, 9.17) is 0 Å². The molecule has 0 spiro atoms. The molecule has 1 aliphatic heterocycles. The number of hydrogen-bond donors (Lipinski definition) is 0. The van der Waals surface area contributed by atoms with Gasteiger partial charge in [-0.25, -0.2) is 4.99 Å². The van der Waals surface area contributed by atoms with Crippen molar-refractivity contribution in [1.82, 2.24) is 0 Å². The van der Waals surface area contributed by atoms with Crippen molar-refractivity contribution in [3.05, 3.63) is 35.4 Å². The largest absolute Gasteiger partial charge is 0.271 e. The minimum Gasteiger partial charge on any atom is -0.271 e. The molecule has 0 fully saturated rings. The van der Waals surface area contributed by atoms with Crippen molar-refractivity contribution in [2.75, 3.05) is 0 Å². The number of rotatable bonds is 0. The van der Waals surface area contributed by atoms with Gasteiger partial charge in [0.05, 0.1) is 0 Å². The van der Waals surface area contributed by atoms with Crippen LogP contribution in [0.1, 0.15) is 16.0 Å². The molecule has 1 heterocycles. The lowest BCUT2D eigenvalue weighted by Gasteiger charge is -2.13. The summed E-state index contributed by atoms with van der Waals surface area (Å²) in [6, 6.07) is 7.72. The molecule has 2 rings (SSSR count). The summed E-state index contributed by atoms with van der Waals surface area (Å²) in [5, 5.41) is 0. The highest BCUT2D eigenvalue weighted by molar-refractivity contribution is 9.09. The third-order valence-corrected chi connectivity index (χ3v) is 2.70. The third-order valence-electron chi connectivity index (χ3n) is 1.82. The van der Waals surface area contributed by atoms with E-state index >= 15 is 0 Å². The van der Waals surface area contributed by atoms with Gasteiger partial charge in [0.2, 0.25) is 0 Å². The summed E-state index contributed by atoms with van der Waals surface area (Å²) < 4.78 is 0. The minimum atomic E-state index is -0.265. The van der Waals surface area contributed by atoms with Crippen LogP contribution in [0, 0.1) is 0 Å². The molecule has 0 saturated heterocycles. The second-order valence-electron chi connectivity index (χ2n) is 2.59. The van der Waals surface area contributed by atoms with Gasteiger partial charge in [0.15, 0.2) is 0 Å². The Labute approximate surface area is 78.4 Å². The van der Waals surface area contributed by atoms with Crippen LogP contribution in [-0.4, -0.2) is 12.1 Å². The molecule has 0 radical (unpaired) electrons. The Morgan fingerprint density at radius 2 is 2.08 bits per heavy atom. The van der Waals surface area contributed by atoms with Gasteiger partial charge in [-0.1, -0.05) is 40.2 Å². The number of alkyl halides is 1. The highest BCUT2D eigenvalue weighted by Crippen LogP contribution is 2.29. The zero-order chi connectivity index (χ0) is 8.55. The second-order valence-corrected chi connectivity index (χ2v) is 3.50. The third kappa shape index (κ3) is 1.10. The Balaban J connectivity index is 2.59. The van der Waals surface area contributed by atoms with E-state index < -0.39 is 0 Å². The van der Waals surface area contributed by atoms with Crippen LogP contribution in [0.4, 0.5) is 0 Å². The summed E-state index contributed by atoms with van der Waals surface area (Å²) in [6.07, 6.45) is 1.61. The van der Waals surface area contributed by atoms with Crippen molar-refractivity contribution >= 4 is 28.1 Å². The lowest BCUT2D eigenvalue weighted by atomic mass is 10.0. The maximum atomic E-state index is 11.1. The predicted molar refractivity (Wildman–Crippen MR) is 50.7 cm³/mol. The molecule has 0 aliphatic carbocycles. The van der Waals surface area contributed by atoms with E-state index in [1.807, 2.05) is 24.3 Å². The summed E-state index contributed by atoms with van der Waals surface area (Å²) in [5.41, 5.74) is 2.01. The van der Waals surface area contributed by atoms with Crippen LogP contribution < -0.4 is 0 Å². The van der Waals surface area contributed by atoms with Gasteiger partial charge < -0.3 is 0 Å².